The zero-order valence-electron chi connectivity index (χ0n) is 21.3. The van der Waals surface area contributed by atoms with E-state index in [9.17, 15) is 9.90 Å². The Labute approximate surface area is 214 Å². The normalized spacial score (nSPS) is 14.6. The molecule has 0 saturated carbocycles. The van der Waals surface area contributed by atoms with Crippen molar-refractivity contribution in [1.82, 2.24) is 20.1 Å². The summed E-state index contributed by atoms with van der Waals surface area (Å²) >= 11 is 0. The summed E-state index contributed by atoms with van der Waals surface area (Å²) in [7, 11) is 4.65. The third-order valence-electron chi connectivity index (χ3n) is 6.64. The Bertz CT molecular complexity index is 1430. The fraction of sp³-hybridized carbons (Fsp3) is 0.250. The fourth-order valence-corrected chi connectivity index (χ4v) is 5.10. The predicted molar refractivity (Wildman–Crippen MR) is 137 cm³/mol. The Morgan fingerprint density at radius 1 is 1.05 bits per heavy atom. The molecule has 3 heterocycles. The minimum atomic E-state index is -0.551. The summed E-state index contributed by atoms with van der Waals surface area (Å²) in [6.07, 6.45) is 3.43. The van der Waals surface area contributed by atoms with Crippen LogP contribution >= 0.6 is 0 Å². The van der Waals surface area contributed by atoms with E-state index in [4.69, 9.17) is 14.2 Å². The van der Waals surface area contributed by atoms with E-state index in [1.807, 2.05) is 44.2 Å². The molecular formula is C28H28N4O5. The van der Waals surface area contributed by atoms with Gasteiger partial charge in [0, 0.05) is 30.1 Å². The molecule has 0 spiro atoms. The van der Waals surface area contributed by atoms with E-state index in [2.05, 4.69) is 15.2 Å². The van der Waals surface area contributed by atoms with Crippen LogP contribution in [-0.2, 0) is 6.54 Å². The Morgan fingerprint density at radius 3 is 2.38 bits per heavy atom. The Morgan fingerprint density at radius 2 is 1.78 bits per heavy atom. The van der Waals surface area contributed by atoms with Crippen molar-refractivity contribution in [3.05, 3.63) is 82.3 Å². The second kappa shape index (κ2) is 9.50. The number of amides is 1. The molecule has 5 rings (SSSR count). The molecule has 0 saturated heterocycles. The second-order valence-electron chi connectivity index (χ2n) is 8.99. The predicted octanol–water partition coefficient (Wildman–Crippen LogP) is 4.57. The number of methoxy groups -OCH3 is 3. The molecule has 2 aromatic carbocycles. The molecule has 37 heavy (non-hydrogen) atoms. The molecule has 0 radical (unpaired) electrons. The van der Waals surface area contributed by atoms with E-state index in [0.29, 0.717) is 46.3 Å². The highest BCUT2D eigenvalue weighted by Crippen LogP contribution is 2.49. The van der Waals surface area contributed by atoms with Crippen LogP contribution in [-0.4, -0.2) is 52.4 Å². The lowest BCUT2D eigenvalue weighted by atomic mass is 9.92. The van der Waals surface area contributed by atoms with Crippen LogP contribution in [0.25, 0.3) is 11.3 Å². The van der Waals surface area contributed by atoms with Gasteiger partial charge in [-0.3, -0.25) is 14.9 Å². The molecule has 2 N–H and O–H groups in total. The van der Waals surface area contributed by atoms with E-state index < -0.39 is 6.04 Å². The summed E-state index contributed by atoms with van der Waals surface area (Å²) in [4.78, 5) is 19.7. The molecule has 190 valence electrons. The Kier molecular flexibility index (Phi) is 6.20. The van der Waals surface area contributed by atoms with Crippen LogP contribution in [0.3, 0.4) is 0 Å². The van der Waals surface area contributed by atoms with Gasteiger partial charge in [-0.25, -0.2) is 0 Å². The number of hydrogen-bond donors (Lipinski definition) is 2. The third kappa shape index (κ3) is 4.02. The maximum atomic E-state index is 13.8. The molecular weight excluding hydrogens is 472 g/mol. The maximum Gasteiger partial charge on any atom is 0.273 e. The fourth-order valence-electron chi connectivity index (χ4n) is 5.10. The molecule has 1 aliphatic heterocycles. The van der Waals surface area contributed by atoms with Gasteiger partial charge in [-0.15, -0.1) is 0 Å². The van der Waals surface area contributed by atoms with Crippen molar-refractivity contribution >= 4 is 5.91 Å². The first-order valence-corrected chi connectivity index (χ1v) is 11.8. The highest BCUT2D eigenvalue weighted by Gasteiger charge is 2.43. The molecule has 0 fully saturated rings. The lowest BCUT2D eigenvalue weighted by Crippen LogP contribution is -2.29. The first-order valence-electron chi connectivity index (χ1n) is 11.8. The molecule has 0 aliphatic carbocycles. The van der Waals surface area contributed by atoms with E-state index in [-0.39, 0.29) is 11.7 Å². The lowest BCUT2D eigenvalue weighted by molar-refractivity contribution is 0.0729. The summed E-state index contributed by atoms with van der Waals surface area (Å²) in [5, 5.41) is 18.4. The van der Waals surface area contributed by atoms with Crippen LogP contribution in [0.2, 0.25) is 0 Å². The number of nitrogens with one attached hydrogen (secondary N) is 1. The number of pyridine rings is 1. The van der Waals surface area contributed by atoms with Gasteiger partial charge in [0.2, 0.25) is 5.75 Å². The minimum Gasteiger partial charge on any atom is -0.507 e. The molecule has 9 nitrogen and oxygen atoms in total. The number of aromatic amines is 1. The number of H-pyrrole nitrogens is 1. The summed E-state index contributed by atoms with van der Waals surface area (Å²) in [5.41, 5.74) is 5.56. The van der Waals surface area contributed by atoms with Gasteiger partial charge in [-0.1, -0.05) is 12.1 Å². The van der Waals surface area contributed by atoms with Crippen LogP contribution in [0.1, 0.15) is 44.3 Å². The zero-order chi connectivity index (χ0) is 26.3. The van der Waals surface area contributed by atoms with E-state index in [1.165, 1.54) is 0 Å². The molecule has 1 atom stereocenters. The second-order valence-corrected chi connectivity index (χ2v) is 8.99. The number of nitrogens with zero attached hydrogens (tertiary/aromatic N) is 3. The first kappa shape index (κ1) is 24.2. The van der Waals surface area contributed by atoms with Gasteiger partial charge in [0.05, 0.1) is 27.4 Å². The van der Waals surface area contributed by atoms with Crippen molar-refractivity contribution in [2.75, 3.05) is 21.3 Å². The SMILES string of the molecule is COc1cc(C2c3c(-c4c(C)cc(C)cc4O)n[nH]c3C(=O)N2Cc2cccnc2)cc(OC)c1OC. The van der Waals surface area contributed by atoms with Crippen LogP contribution < -0.4 is 14.2 Å². The number of aromatic hydroxyl groups is 1. The summed E-state index contributed by atoms with van der Waals surface area (Å²) in [6.45, 7) is 4.15. The molecule has 9 heteroatoms. The smallest absolute Gasteiger partial charge is 0.273 e. The van der Waals surface area contributed by atoms with Crippen molar-refractivity contribution < 1.29 is 24.1 Å². The van der Waals surface area contributed by atoms with E-state index in [1.54, 1.807) is 44.7 Å². The van der Waals surface area contributed by atoms with Gasteiger partial charge in [0.1, 0.15) is 17.1 Å². The van der Waals surface area contributed by atoms with Crippen LogP contribution in [0.15, 0.2) is 48.8 Å². The van der Waals surface area contributed by atoms with Crippen molar-refractivity contribution in [2.45, 2.75) is 26.4 Å². The number of fused-ring (bicyclic) bond motifs is 1. The minimum absolute atomic E-state index is 0.105. The molecule has 0 bridgehead atoms. The van der Waals surface area contributed by atoms with Crippen LogP contribution in [0.5, 0.6) is 23.0 Å². The largest absolute Gasteiger partial charge is 0.507 e. The zero-order valence-corrected chi connectivity index (χ0v) is 21.3. The first-order chi connectivity index (χ1) is 17.9. The summed E-state index contributed by atoms with van der Waals surface area (Å²) in [6, 6.07) is 10.6. The monoisotopic (exact) mass is 500 g/mol. The van der Waals surface area contributed by atoms with E-state index >= 15 is 0 Å². The standard InChI is InChI=1S/C28H28N4O5/c1-15-9-16(2)22(19(33)10-15)24-23-25(31-30-24)28(34)32(14-17-7-6-8-29-13-17)26(23)18-11-20(35-3)27(37-5)21(12-18)36-4/h6-13,26,33H,14H2,1-5H3,(H,30,31). The number of carbonyl (C=O) groups is 1. The van der Waals surface area contributed by atoms with Gasteiger partial charge in [-0.05, 0) is 60.4 Å². The quantitative estimate of drug-likeness (QED) is 0.383. The Hall–Kier alpha value is -4.53. The number of phenolic OH excluding ortho intramolecular Hbond substituents is 1. The average molecular weight is 501 g/mol. The number of aromatic nitrogens is 3. The van der Waals surface area contributed by atoms with Gasteiger partial charge >= 0.3 is 0 Å². The maximum absolute atomic E-state index is 13.8. The number of aryl methyl sites for hydroxylation is 2. The highest BCUT2D eigenvalue weighted by molar-refractivity contribution is 6.00. The van der Waals surface area contributed by atoms with Crippen molar-refractivity contribution in [3.63, 3.8) is 0 Å². The number of hydrogen-bond acceptors (Lipinski definition) is 7. The van der Waals surface area contributed by atoms with Crippen LogP contribution in [0, 0.1) is 13.8 Å². The van der Waals surface area contributed by atoms with Gasteiger partial charge in [0.15, 0.2) is 11.5 Å². The van der Waals surface area contributed by atoms with Gasteiger partial charge in [-0.2, -0.15) is 5.10 Å². The number of carbonyl (C=O) groups excluding carboxylic acids is 1. The van der Waals surface area contributed by atoms with Gasteiger partial charge < -0.3 is 24.2 Å². The summed E-state index contributed by atoms with van der Waals surface area (Å²) in [5.74, 6) is 1.29. The van der Waals surface area contributed by atoms with Crippen LogP contribution in [0.4, 0.5) is 0 Å². The molecule has 1 unspecified atom stereocenters. The van der Waals surface area contributed by atoms with Crippen molar-refractivity contribution in [1.29, 1.82) is 0 Å². The molecule has 1 aliphatic rings. The van der Waals surface area contributed by atoms with E-state index in [0.717, 1.165) is 22.3 Å². The topological polar surface area (TPSA) is 110 Å². The molecule has 2 aromatic heterocycles. The van der Waals surface area contributed by atoms with Gasteiger partial charge in [0.25, 0.3) is 5.91 Å². The highest BCUT2D eigenvalue weighted by atomic mass is 16.5. The number of phenols is 1. The van der Waals surface area contributed by atoms with Crippen molar-refractivity contribution in [3.8, 4) is 34.3 Å². The third-order valence-corrected chi connectivity index (χ3v) is 6.64. The Balaban J connectivity index is 1.75. The molecule has 4 aromatic rings. The van der Waals surface area contributed by atoms with Crippen molar-refractivity contribution in [2.24, 2.45) is 0 Å². The summed E-state index contributed by atoms with van der Waals surface area (Å²) < 4.78 is 16.7. The number of rotatable bonds is 7. The number of benzene rings is 2. The lowest BCUT2D eigenvalue weighted by Gasteiger charge is -2.27. The average Bonchev–Trinajstić information content (AvgIpc) is 3.42. The molecule has 1 amide bonds. The number of ether oxygens (including phenoxy) is 3.